The van der Waals surface area contributed by atoms with Gasteiger partial charge in [0.25, 0.3) is 5.91 Å². The molecule has 20 nitrogen and oxygen atoms in total. The lowest BCUT2D eigenvalue weighted by Crippen LogP contribution is -2.45. The number of hydrogen-bond donors (Lipinski definition) is 12. The average molecular weight is 848 g/mol. The minimum absolute atomic E-state index is 0.164. The number of aromatic nitrogens is 4. The van der Waals surface area contributed by atoms with Gasteiger partial charge in [0.2, 0.25) is 17.8 Å². The number of nitrogens with zero attached hydrogens (tertiary/aromatic N) is 3. The summed E-state index contributed by atoms with van der Waals surface area (Å²) < 4.78 is 12.7. The van der Waals surface area contributed by atoms with Gasteiger partial charge >= 0.3 is 13.3 Å². The van der Waals surface area contributed by atoms with E-state index in [1.54, 1.807) is 24.3 Å². The van der Waals surface area contributed by atoms with Crippen molar-refractivity contribution in [3.8, 4) is 0 Å². The molecule has 0 saturated carbocycles. The monoisotopic (exact) mass is 847 g/mol. The van der Waals surface area contributed by atoms with Gasteiger partial charge in [-0.15, -0.1) is 0 Å². The number of rotatable bonds is 32. The number of carbonyl (C=O) groups is 3. The van der Waals surface area contributed by atoms with E-state index in [9.17, 15) is 33.5 Å². The number of aromatic amines is 1. The second-order valence-corrected chi connectivity index (χ2v) is 16.2. The summed E-state index contributed by atoms with van der Waals surface area (Å²) in [5.74, 6) is -0.478. The van der Waals surface area contributed by atoms with Gasteiger partial charge in [-0.05, 0) is 115 Å². The van der Waals surface area contributed by atoms with Crippen molar-refractivity contribution in [1.29, 1.82) is 0 Å². The number of carbonyl (C=O) groups excluding carboxylic acids is 3. The van der Waals surface area contributed by atoms with Gasteiger partial charge in [0.05, 0.1) is 25.3 Å². The molecular formula is C38H66N13O7P. The highest BCUT2D eigenvalue weighted by Gasteiger charge is 2.19. The number of fused-ring (bicyclic) bond motifs is 1. The van der Waals surface area contributed by atoms with Crippen LogP contribution in [-0.4, -0.2) is 125 Å². The fourth-order valence-corrected chi connectivity index (χ4v) is 6.61. The first-order chi connectivity index (χ1) is 28.4. The SMILES string of the molecule is CCCCNc1nc(N)c2[nH]c(=O)n(Cc3ccc(C(=O)NCC(=O)NCCCCC(NCCCP(=O)(O)O)C(=O)NCCCNCCCCNCCCN)cc3)c2n1. The van der Waals surface area contributed by atoms with E-state index in [0.717, 1.165) is 70.3 Å². The van der Waals surface area contributed by atoms with E-state index in [0.29, 0.717) is 68.1 Å². The molecule has 0 spiro atoms. The fraction of sp³-hybridized carbons (Fsp3) is 0.632. The molecule has 1 aromatic carbocycles. The summed E-state index contributed by atoms with van der Waals surface area (Å²) in [5.41, 5.74) is 13.0. The predicted octanol–water partition coefficient (Wildman–Crippen LogP) is 0.319. The van der Waals surface area contributed by atoms with Crippen LogP contribution in [-0.2, 0) is 20.7 Å². The number of unbranched alkanes of at least 4 members (excludes halogenated alkanes) is 3. The lowest BCUT2D eigenvalue weighted by molar-refractivity contribution is -0.123. The number of nitrogens with one attached hydrogen (secondary N) is 8. The summed E-state index contributed by atoms with van der Waals surface area (Å²) in [4.78, 5) is 80.8. The second kappa shape index (κ2) is 27.4. The molecule has 3 rings (SSSR count). The van der Waals surface area contributed by atoms with Crippen LogP contribution < -0.4 is 54.4 Å². The summed E-state index contributed by atoms with van der Waals surface area (Å²) in [6, 6.07) is 6.11. The Balaban J connectivity index is 1.36. The van der Waals surface area contributed by atoms with Crippen LogP contribution in [0.2, 0.25) is 0 Å². The van der Waals surface area contributed by atoms with E-state index < -0.39 is 25.2 Å². The highest BCUT2D eigenvalue weighted by atomic mass is 31.2. The maximum atomic E-state index is 13.0. The molecule has 2 heterocycles. The summed E-state index contributed by atoms with van der Waals surface area (Å²) in [6.07, 6.45) is 7.40. The third kappa shape index (κ3) is 19.5. The zero-order chi connectivity index (χ0) is 42.9. The molecule has 3 aromatic rings. The van der Waals surface area contributed by atoms with Crippen LogP contribution in [0.15, 0.2) is 29.1 Å². The maximum absolute atomic E-state index is 13.0. The molecular weight excluding hydrogens is 781 g/mol. The highest BCUT2D eigenvalue weighted by molar-refractivity contribution is 7.51. The van der Waals surface area contributed by atoms with Crippen LogP contribution in [0.4, 0.5) is 11.8 Å². The molecule has 14 N–H and O–H groups in total. The Bertz CT molecular complexity index is 1820. The number of H-pyrrole nitrogens is 1. The third-order valence-corrected chi connectivity index (χ3v) is 10.2. The van der Waals surface area contributed by atoms with Crippen LogP contribution >= 0.6 is 7.60 Å². The Kier molecular flexibility index (Phi) is 22.7. The second-order valence-electron chi connectivity index (χ2n) is 14.4. The van der Waals surface area contributed by atoms with Crippen molar-refractivity contribution in [2.75, 3.05) is 82.7 Å². The number of imidazole rings is 1. The largest absolute Gasteiger partial charge is 0.382 e. The standard InChI is InChI=1S/C38H66N13O7P/c1-2-3-21-46-37-49-33(40)32-34(50-37)51(38(55)48-32)27-28-12-14-29(15-13-28)35(53)47-26-31(52)44-22-5-4-11-30(43-24-10-25-59(56,57)58)36(54)45-23-9-20-42-18-7-6-17-41-19-8-16-39/h12-15,30,41-43H,2-11,16-27,39H2,1H3,(H,44,52)(H,45,54)(H,47,53)(H,48,55)(H2,56,57,58)(H3,40,46,49,50). The summed E-state index contributed by atoms with van der Waals surface area (Å²) in [6.45, 7) is 8.08. The molecule has 1 unspecified atom stereocenters. The average Bonchev–Trinajstić information content (AvgIpc) is 3.52. The van der Waals surface area contributed by atoms with Crippen molar-refractivity contribution in [1.82, 2.24) is 51.4 Å². The van der Waals surface area contributed by atoms with E-state index in [1.165, 1.54) is 4.57 Å². The fourth-order valence-electron chi connectivity index (χ4n) is 6.04. The molecule has 0 aliphatic carbocycles. The highest BCUT2D eigenvalue weighted by Crippen LogP contribution is 2.34. The van der Waals surface area contributed by atoms with Gasteiger partial charge in [-0.3, -0.25) is 23.5 Å². The first-order valence-electron chi connectivity index (χ1n) is 20.7. The molecule has 0 fully saturated rings. The smallest absolute Gasteiger partial charge is 0.328 e. The first kappa shape index (κ1) is 48.9. The number of benzene rings is 1. The molecule has 21 heteroatoms. The normalized spacial score (nSPS) is 12.1. The Hall–Kier alpha value is -4.43. The van der Waals surface area contributed by atoms with Gasteiger partial charge in [-0.25, -0.2) is 4.79 Å². The number of amides is 3. The third-order valence-electron chi connectivity index (χ3n) is 9.35. The van der Waals surface area contributed by atoms with Crippen molar-refractivity contribution in [2.45, 2.75) is 83.7 Å². The zero-order valence-corrected chi connectivity index (χ0v) is 35.2. The number of hydrogen-bond acceptors (Lipinski definition) is 13. The minimum Gasteiger partial charge on any atom is -0.382 e. The van der Waals surface area contributed by atoms with E-state index in [1.807, 2.05) is 0 Å². The quantitative estimate of drug-likeness (QED) is 0.0298. The summed E-state index contributed by atoms with van der Waals surface area (Å²) in [7, 11) is -4.13. The Labute approximate surface area is 345 Å². The predicted molar refractivity (Wildman–Crippen MR) is 230 cm³/mol. The molecule has 1 atom stereocenters. The van der Waals surface area contributed by atoms with Crippen molar-refractivity contribution in [2.24, 2.45) is 5.73 Å². The molecule has 3 amide bonds. The molecule has 0 bridgehead atoms. The Morgan fingerprint density at radius 2 is 1.51 bits per heavy atom. The molecule has 0 aliphatic rings. The van der Waals surface area contributed by atoms with Crippen molar-refractivity contribution in [3.05, 3.63) is 45.9 Å². The van der Waals surface area contributed by atoms with Crippen molar-refractivity contribution >= 4 is 48.2 Å². The van der Waals surface area contributed by atoms with E-state index >= 15 is 0 Å². The van der Waals surface area contributed by atoms with Gasteiger partial charge in [0.15, 0.2) is 11.5 Å². The Morgan fingerprint density at radius 3 is 2.20 bits per heavy atom. The Morgan fingerprint density at radius 1 is 0.831 bits per heavy atom. The van der Waals surface area contributed by atoms with E-state index in [4.69, 9.17) is 11.5 Å². The number of nitrogen functional groups attached to an aromatic ring is 1. The van der Waals surface area contributed by atoms with Gasteiger partial charge in [0.1, 0.15) is 5.52 Å². The first-order valence-corrected chi connectivity index (χ1v) is 22.5. The van der Waals surface area contributed by atoms with E-state index in [2.05, 4.69) is 59.1 Å². The molecule has 0 aliphatic heterocycles. The van der Waals surface area contributed by atoms with Gasteiger partial charge < -0.3 is 63.5 Å². The van der Waals surface area contributed by atoms with Crippen LogP contribution in [0.5, 0.6) is 0 Å². The van der Waals surface area contributed by atoms with Crippen molar-refractivity contribution in [3.63, 3.8) is 0 Å². The van der Waals surface area contributed by atoms with E-state index in [-0.39, 0.29) is 49.8 Å². The number of anilines is 2. The van der Waals surface area contributed by atoms with Crippen LogP contribution in [0.25, 0.3) is 11.2 Å². The minimum atomic E-state index is -4.13. The molecule has 59 heavy (non-hydrogen) atoms. The molecule has 0 saturated heterocycles. The topological polar surface area (TPSA) is 309 Å². The van der Waals surface area contributed by atoms with Crippen LogP contribution in [0.3, 0.4) is 0 Å². The van der Waals surface area contributed by atoms with Gasteiger partial charge in [-0.2, -0.15) is 9.97 Å². The lowest BCUT2D eigenvalue weighted by Gasteiger charge is -2.19. The van der Waals surface area contributed by atoms with Gasteiger partial charge in [-0.1, -0.05) is 25.5 Å². The maximum Gasteiger partial charge on any atom is 0.328 e. The molecule has 2 aromatic heterocycles. The molecule has 330 valence electrons. The summed E-state index contributed by atoms with van der Waals surface area (Å²) in [5, 5.41) is 21.3. The number of nitrogens with two attached hydrogens (primary N) is 2. The van der Waals surface area contributed by atoms with Crippen LogP contribution in [0.1, 0.15) is 87.1 Å². The van der Waals surface area contributed by atoms with Crippen LogP contribution in [0, 0.1) is 0 Å². The summed E-state index contributed by atoms with van der Waals surface area (Å²) >= 11 is 0. The molecule has 0 radical (unpaired) electrons. The lowest BCUT2D eigenvalue weighted by atomic mass is 10.1. The zero-order valence-electron chi connectivity index (χ0n) is 34.3. The van der Waals surface area contributed by atoms with Crippen molar-refractivity contribution < 1.29 is 28.7 Å². The van der Waals surface area contributed by atoms with Gasteiger partial charge in [0, 0.05) is 25.2 Å².